The van der Waals surface area contributed by atoms with Gasteiger partial charge in [-0.05, 0) is 13.8 Å². The first kappa shape index (κ1) is 13.6. The van der Waals surface area contributed by atoms with E-state index in [1.54, 1.807) is 7.11 Å². The Bertz CT molecular complexity index is 421. The van der Waals surface area contributed by atoms with Crippen molar-refractivity contribution in [3.05, 3.63) is 17.2 Å². The highest BCUT2D eigenvalue weighted by Crippen LogP contribution is 2.24. The summed E-state index contributed by atoms with van der Waals surface area (Å²) < 4.78 is 7.95. The number of nitrogens with one attached hydrogen (secondary N) is 1. The van der Waals surface area contributed by atoms with Gasteiger partial charge in [0.15, 0.2) is 0 Å². The quantitative estimate of drug-likeness (QED) is 0.890. The lowest BCUT2D eigenvalue weighted by atomic mass is 10.1. The molecule has 0 atom stereocenters. The lowest BCUT2D eigenvalue weighted by Crippen LogP contribution is -2.32. The van der Waals surface area contributed by atoms with Gasteiger partial charge in [-0.25, -0.2) is 4.98 Å². The van der Waals surface area contributed by atoms with Crippen LogP contribution in [0.1, 0.15) is 50.8 Å². The van der Waals surface area contributed by atoms with Crippen molar-refractivity contribution in [2.45, 2.75) is 58.7 Å². The number of rotatable bonds is 4. The van der Waals surface area contributed by atoms with Gasteiger partial charge in [-0.15, -0.1) is 0 Å². The molecule has 1 aromatic heterocycles. The smallest absolute Gasteiger partial charge is 0.111 e. The summed E-state index contributed by atoms with van der Waals surface area (Å²) in [6, 6.07) is 0. The molecule has 0 aliphatic carbocycles. The molecule has 0 unspecified atom stereocenters. The highest BCUT2D eigenvalue weighted by Gasteiger charge is 2.26. The number of methoxy groups -OCH3 is 1. The third kappa shape index (κ3) is 2.59. The molecule has 0 spiro atoms. The van der Waals surface area contributed by atoms with E-state index in [1.165, 1.54) is 17.2 Å². The predicted molar refractivity (Wildman–Crippen MR) is 72.8 cm³/mol. The molecule has 0 bridgehead atoms. The number of hydrogen-bond donors (Lipinski definition) is 1. The molecule has 0 amide bonds. The molecule has 1 aliphatic heterocycles. The summed E-state index contributed by atoms with van der Waals surface area (Å²) in [5.74, 6) is 1.64. The summed E-state index contributed by atoms with van der Waals surface area (Å²) in [5.41, 5.74) is 2.46. The number of hydrogen-bond acceptors (Lipinski definition) is 3. The van der Waals surface area contributed by atoms with Gasteiger partial charge in [-0.1, -0.05) is 13.8 Å². The first-order valence-electron chi connectivity index (χ1n) is 6.78. The fourth-order valence-electron chi connectivity index (χ4n) is 2.45. The van der Waals surface area contributed by atoms with Crippen LogP contribution in [0.5, 0.6) is 0 Å². The molecule has 0 saturated heterocycles. The molecule has 2 heterocycles. The van der Waals surface area contributed by atoms with E-state index >= 15 is 0 Å². The highest BCUT2D eigenvalue weighted by molar-refractivity contribution is 5.22. The van der Waals surface area contributed by atoms with E-state index in [-0.39, 0.29) is 5.60 Å². The number of imidazole rings is 1. The Morgan fingerprint density at radius 3 is 2.78 bits per heavy atom. The minimum absolute atomic E-state index is 0.150. The number of aromatic nitrogens is 2. The molecule has 18 heavy (non-hydrogen) atoms. The molecular weight excluding hydrogens is 226 g/mol. The van der Waals surface area contributed by atoms with E-state index in [1.807, 2.05) is 0 Å². The summed E-state index contributed by atoms with van der Waals surface area (Å²) in [4.78, 5) is 4.81. The molecular formula is C14H25N3O. The van der Waals surface area contributed by atoms with Crippen LogP contribution in [0.15, 0.2) is 0 Å². The Kier molecular flexibility index (Phi) is 3.78. The van der Waals surface area contributed by atoms with E-state index in [2.05, 4.69) is 37.6 Å². The van der Waals surface area contributed by atoms with Crippen LogP contribution in [-0.4, -0.2) is 28.8 Å². The lowest BCUT2D eigenvalue weighted by molar-refractivity contribution is 0.00676. The van der Waals surface area contributed by atoms with Gasteiger partial charge in [-0.3, -0.25) is 0 Å². The maximum atomic E-state index is 5.57. The molecule has 0 radical (unpaired) electrons. The minimum Gasteiger partial charge on any atom is -0.377 e. The van der Waals surface area contributed by atoms with Crippen molar-refractivity contribution < 1.29 is 4.74 Å². The fraction of sp³-hybridized carbons (Fsp3) is 0.786. The van der Waals surface area contributed by atoms with Crippen molar-refractivity contribution in [1.82, 2.24) is 14.9 Å². The van der Waals surface area contributed by atoms with Gasteiger partial charge in [0.2, 0.25) is 0 Å². The standard InChI is InChI=1S/C14H25N3O/c1-10(2)13-16-11-8-15-7-6-12(11)17(13)9-14(3,4)18-5/h10,15H,6-9H2,1-5H3. The summed E-state index contributed by atoms with van der Waals surface area (Å²) in [5, 5.41) is 3.39. The van der Waals surface area contributed by atoms with Gasteiger partial charge in [-0.2, -0.15) is 0 Å². The normalized spacial score (nSPS) is 16.1. The first-order valence-corrected chi connectivity index (χ1v) is 6.78. The minimum atomic E-state index is -0.150. The third-order valence-electron chi connectivity index (χ3n) is 3.62. The maximum Gasteiger partial charge on any atom is 0.111 e. The van der Waals surface area contributed by atoms with E-state index in [0.29, 0.717) is 5.92 Å². The Hall–Kier alpha value is -0.870. The summed E-state index contributed by atoms with van der Waals surface area (Å²) in [6.07, 6.45) is 1.06. The second-order valence-corrected chi connectivity index (χ2v) is 5.99. The van der Waals surface area contributed by atoms with Crippen molar-refractivity contribution in [3.63, 3.8) is 0 Å². The van der Waals surface area contributed by atoms with Crippen LogP contribution in [0.25, 0.3) is 0 Å². The number of nitrogens with zero attached hydrogens (tertiary/aromatic N) is 2. The molecule has 4 nitrogen and oxygen atoms in total. The monoisotopic (exact) mass is 251 g/mol. The van der Waals surface area contributed by atoms with Gasteiger partial charge in [0.05, 0.1) is 17.8 Å². The Morgan fingerprint density at radius 2 is 2.17 bits per heavy atom. The van der Waals surface area contributed by atoms with Gasteiger partial charge in [0.25, 0.3) is 0 Å². The van der Waals surface area contributed by atoms with Gasteiger partial charge >= 0.3 is 0 Å². The van der Waals surface area contributed by atoms with E-state index in [0.717, 1.165) is 26.1 Å². The molecule has 1 aliphatic rings. The zero-order valence-corrected chi connectivity index (χ0v) is 12.2. The van der Waals surface area contributed by atoms with E-state index in [4.69, 9.17) is 9.72 Å². The predicted octanol–water partition coefficient (Wildman–Crippen LogP) is 2.08. The zero-order valence-electron chi connectivity index (χ0n) is 12.2. The fourth-order valence-corrected chi connectivity index (χ4v) is 2.45. The van der Waals surface area contributed by atoms with Crippen molar-refractivity contribution in [2.24, 2.45) is 0 Å². The highest BCUT2D eigenvalue weighted by atomic mass is 16.5. The third-order valence-corrected chi connectivity index (χ3v) is 3.62. The van der Waals surface area contributed by atoms with Crippen LogP contribution in [0.2, 0.25) is 0 Å². The second-order valence-electron chi connectivity index (χ2n) is 5.99. The summed E-state index contributed by atoms with van der Waals surface area (Å²) in [7, 11) is 1.78. The Labute approximate surface area is 110 Å². The lowest BCUT2D eigenvalue weighted by Gasteiger charge is -2.27. The number of fused-ring (bicyclic) bond motifs is 1. The zero-order chi connectivity index (χ0) is 13.3. The van der Waals surface area contributed by atoms with E-state index in [9.17, 15) is 0 Å². The molecule has 0 aromatic carbocycles. The second kappa shape index (κ2) is 5.02. The average molecular weight is 251 g/mol. The van der Waals surface area contributed by atoms with Crippen LogP contribution < -0.4 is 5.32 Å². The van der Waals surface area contributed by atoms with Crippen molar-refractivity contribution in [1.29, 1.82) is 0 Å². The Morgan fingerprint density at radius 1 is 1.44 bits per heavy atom. The van der Waals surface area contributed by atoms with Crippen LogP contribution in [0.3, 0.4) is 0 Å². The first-order chi connectivity index (χ1) is 8.44. The molecule has 0 saturated carbocycles. The van der Waals surface area contributed by atoms with Crippen LogP contribution in [-0.2, 0) is 24.2 Å². The van der Waals surface area contributed by atoms with Gasteiger partial charge in [0, 0.05) is 38.2 Å². The van der Waals surface area contributed by atoms with Crippen molar-refractivity contribution in [2.75, 3.05) is 13.7 Å². The molecule has 2 rings (SSSR count). The van der Waals surface area contributed by atoms with Crippen molar-refractivity contribution in [3.8, 4) is 0 Å². The number of ether oxygens (including phenoxy) is 1. The summed E-state index contributed by atoms with van der Waals surface area (Å²) >= 11 is 0. The average Bonchev–Trinajstić information content (AvgIpc) is 2.68. The molecule has 0 fully saturated rings. The van der Waals surface area contributed by atoms with Crippen LogP contribution in [0.4, 0.5) is 0 Å². The molecule has 1 N–H and O–H groups in total. The maximum absolute atomic E-state index is 5.57. The van der Waals surface area contributed by atoms with E-state index < -0.39 is 0 Å². The SMILES string of the molecule is COC(C)(C)Cn1c(C(C)C)nc2c1CCNC2. The molecule has 102 valence electrons. The topological polar surface area (TPSA) is 39.1 Å². The molecule has 4 heteroatoms. The Balaban J connectivity index is 2.39. The summed E-state index contributed by atoms with van der Waals surface area (Å²) in [6.45, 7) is 11.5. The van der Waals surface area contributed by atoms with Crippen LogP contribution in [0, 0.1) is 0 Å². The van der Waals surface area contributed by atoms with Gasteiger partial charge in [0.1, 0.15) is 5.82 Å². The van der Waals surface area contributed by atoms with Crippen LogP contribution >= 0.6 is 0 Å². The van der Waals surface area contributed by atoms with Crippen molar-refractivity contribution >= 4 is 0 Å². The largest absolute Gasteiger partial charge is 0.377 e. The van der Waals surface area contributed by atoms with Gasteiger partial charge < -0.3 is 14.6 Å². The molecule has 1 aromatic rings.